The molecule has 1 fully saturated rings. The van der Waals surface area contributed by atoms with Gasteiger partial charge in [0.15, 0.2) is 0 Å². The molecule has 1 heterocycles. The second-order valence-corrected chi connectivity index (χ2v) is 3.61. The predicted molar refractivity (Wildman–Crippen MR) is 57.9 cm³/mol. The first-order valence-electron chi connectivity index (χ1n) is 4.87. The Morgan fingerprint density at radius 2 is 2.13 bits per heavy atom. The summed E-state index contributed by atoms with van der Waals surface area (Å²) in [6.45, 7) is 0.283. The maximum Gasteiger partial charge on any atom is 0.323 e. The molecule has 0 aromatic heterocycles. The highest BCUT2D eigenvalue weighted by Crippen LogP contribution is 2.10. The molecule has 0 spiro atoms. The molecule has 1 atom stereocenters. The van der Waals surface area contributed by atoms with Crippen LogP contribution < -0.4 is 5.73 Å². The van der Waals surface area contributed by atoms with E-state index in [1.165, 1.54) is 4.90 Å². The van der Waals surface area contributed by atoms with Crippen LogP contribution in [-0.4, -0.2) is 41.0 Å². The Morgan fingerprint density at radius 1 is 1.47 bits per heavy atom. The van der Waals surface area contributed by atoms with Crippen molar-refractivity contribution in [3.8, 4) is 0 Å². The van der Waals surface area contributed by atoms with E-state index in [2.05, 4.69) is 0 Å². The van der Waals surface area contributed by atoms with E-state index in [0.29, 0.717) is 13.0 Å². The van der Waals surface area contributed by atoms with E-state index in [1.54, 1.807) is 0 Å². The molecule has 0 saturated carbocycles. The smallest absolute Gasteiger partial charge is 0.323 e. The molecule has 6 heteroatoms. The van der Waals surface area contributed by atoms with Gasteiger partial charge in [0.1, 0.15) is 6.54 Å². The molecular formula is C9H17ClN2O3. The second kappa shape index (κ2) is 6.63. The second-order valence-electron chi connectivity index (χ2n) is 3.61. The minimum atomic E-state index is -0.980. The molecular weight excluding hydrogens is 220 g/mol. The van der Waals surface area contributed by atoms with Gasteiger partial charge < -0.3 is 15.7 Å². The van der Waals surface area contributed by atoms with Gasteiger partial charge in [-0.05, 0) is 12.8 Å². The van der Waals surface area contributed by atoms with Gasteiger partial charge in [0.25, 0.3) is 0 Å². The molecule has 0 bridgehead atoms. The van der Waals surface area contributed by atoms with Crippen molar-refractivity contribution in [2.24, 2.45) is 5.73 Å². The van der Waals surface area contributed by atoms with Crippen LogP contribution in [0.2, 0.25) is 0 Å². The predicted octanol–water partition coefficient (Wildman–Crippen LogP) is 0.223. The van der Waals surface area contributed by atoms with Gasteiger partial charge >= 0.3 is 5.97 Å². The normalized spacial score (nSPS) is 22.6. The largest absolute Gasteiger partial charge is 0.480 e. The number of likely N-dealkylation sites (tertiary alicyclic amines) is 1. The van der Waals surface area contributed by atoms with Crippen molar-refractivity contribution in [1.29, 1.82) is 0 Å². The summed E-state index contributed by atoms with van der Waals surface area (Å²) < 4.78 is 0. The van der Waals surface area contributed by atoms with Gasteiger partial charge in [-0.1, -0.05) is 12.8 Å². The molecule has 1 aliphatic heterocycles. The van der Waals surface area contributed by atoms with Crippen LogP contribution in [-0.2, 0) is 9.59 Å². The van der Waals surface area contributed by atoms with Crippen LogP contribution in [0.3, 0.4) is 0 Å². The lowest BCUT2D eigenvalue weighted by Gasteiger charge is -2.26. The van der Waals surface area contributed by atoms with Crippen molar-refractivity contribution >= 4 is 24.3 Å². The Kier molecular flexibility index (Phi) is 6.27. The quantitative estimate of drug-likeness (QED) is 0.719. The number of aliphatic carboxylic acids is 1. The first-order valence-corrected chi connectivity index (χ1v) is 4.87. The van der Waals surface area contributed by atoms with E-state index in [0.717, 1.165) is 19.3 Å². The zero-order valence-electron chi connectivity index (χ0n) is 8.52. The molecule has 5 nitrogen and oxygen atoms in total. The number of hydrogen-bond acceptors (Lipinski definition) is 3. The van der Waals surface area contributed by atoms with Crippen molar-refractivity contribution in [2.45, 2.75) is 31.7 Å². The minimum Gasteiger partial charge on any atom is -0.480 e. The molecule has 88 valence electrons. The summed E-state index contributed by atoms with van der Waals surface area (Å²) in [6.07, 6.45) is 3.49. The molecule has 0 aromatic carbocycles. The zero-order chi connectivity index (χ0) is 10.6. The molecule has 3 N–H and O–H groups in total. The van der Waals surface area contributed by atoms with Crippen LogP contribution in [0.5, 0.6) is 0 Å². The van der Waals surface area contributed by atoms with E-state index < -0.39 is 12.0 Å². The van der Waals surface area contributed by atoms with Crippen molar-refractivity contribution in [3.05, 3.63) is 0 Å². The third-order valence-electron chi connectivity index (χ3n) is 2.40. The van der Waals surface area contributed by atoms with Crippen LogP contribution >= 0.6 is 12.4 Å². The zero-order valence-corrected chi connectivity index (χ0v) is 9.33. The number of nitrogens with two attached hydrogens (primary N) is 1. The Balaban J connectivity index is 0.00000196. The molecule has 1 amide bonds. The molecule has 1 aliphatic rings. The molecule has 1 rings (SSSR count). The number of amides is 1. The summed E-state index contributed by atoms with van der Waals surface area (Å²) in [5.41, 5.74) is 5.63. The topological polar surface area (TPSA) is 83.6 Å². The summed E-state index contributed by atoms with van der Waals surface area (Å²) in [5.74, 6) is -1.21. The SMILES string of the molecule is Cl.NC1CCCCCN(CC(=O)O)C1=O. The number of halogens is 1. The fourth-order valence-corrected chi connectivity index (χ4v) is 1.63. The Bertz CT molecular complexity index is 235. The number of carbonyl (C=O) groups is 2. The fraction of sp³-hybridized carbons (Fsp3) is 0.778. The van der Waals surface area contributed by atoms with Gasteiger partial charge in [-0.2, -0.15) is 0 Å². The molecule has 1 saturated heterocycles. The van der Waals surface area contributed by atoms with Crippen LogP contribution in [0.4, 0.5) is 0 Å². The minimum absolute atomic E-state index is 0. The number of nitrogens with zero attached hydrogens (tertiary/aromatic N) is 1. The van der Waals surface area contributed by atoms with E-state index >= 15 is 0 Å². The van der Waals surface area contributed by atoms with Crippen LogP contribution in [0.15, 0.2) is 0 Å². The van der Waals surface area contributed by atoms with Crippen LogP contribution in [0.25, 0.3) is 0 Å². The third kappa shape index (κ3) is 4.48. The maximum absolute atomic E-state index is 11.6. The highest BCUT2D eigenvalue weighted by atomic mass is 35.5. The van der Waals surface area contributed by atoms with Crippen molar-refractivity contribution < 1.29 is 14.7 Å². The summed E-state index contributed by atoms with van der Waals surface area (Å²) in [5, 5.41) is 8.60. The van der Waals surface area contributed by atoms with Gasteiger partial charge in [0.2, 0.25) is 5.91 Å². The molecule has 0 aromatic rings. The average molecular weight is 237 g/mol. The Morgan fingerprint density at radius 3 is 2.73 bits per heavy atom. The van der Waals surface area contributed by atoms with Gasteiger partial charge in [-0.3, -0.25) is 9.59 Å². The first-order chi connectivity index (χ1) is 6.61. The van der Waals surface area contributed by atoms with Crippen molar-refractivity contribution in [2.75, 3.05) is 13.1 Å². The number of carbonyl (C=O) groups excluding carboxylic acids is 1. The number of rotatable bonds is 2. The van der Waals surface area contributed by atoms with Crippen LogP contribution in [0.1, 0.15) is 25.7 Å². The summed E-state index contributed by atoms with van der Waals surface area (Å²) in [4.78, 5) is 23.4. The molecule has 0 radical (unpaired) electrons. The average Bonchev–Trinajstić information content (AvgIpc) is 2.11. The van der Waals surface area contributed by atoms with Crippen molar-refractivity contribution in [1.82, 2.24) is 4.90 Å². The van der Waals surface area contributed by atoms with E-state index in [-0.39, 0.29) is 24.9 Å². The lowest BCUT2D eigenvalue weighted by molar-refractivity contribution is -0.145. The van der Waals surface area contributed by atoms with E-state index in [9.17, 15) is 9.59 Å². The first kappa shape index (κ1) is 14.2. The monoisotopic (exact) mass is 236 g/mol. The van der Waals surface area contributed by atoms with E-state index in [1.807, 2.05) is 0 Å². The Labute approximate surface area is 95.0 Å². The summed E-state index contributed by atoms with van der Waals surface area (Å²) in [7, 11) is 0. The highest BCUT2D eigenvalue weighted by Gasteiger charge is 2.23. The maximum atomic E-state index is 11.6. The standard InChI is InChI=1S/C9H16N2O3.ClH/c10-7-4-2-1-3-5-11(9(7)14)6-8(12)13;/h7H,1-6,10H2,(H,12,13);1H. The highest BCUT2D eigenvalue weighted by molar-refractivity contribution is 5.85. The number of carboxylic acids is 1. The third-order valence-corrected chi connectivity index (χ3v) is 2.40. The van der Waals surface area contributed by atoms with Gasteiger partial charge in [-0.25, -0.2) is 0 Å². The van der Waals surface area contributed by atoms with Gasteiger partial charge in [0, 0.05) is 6.54 Å². The van der Waals surface area contributed by atoms with Gasteiger partial charge in [0.05, 0.1) is 6.04 Å². The van der Waals surface area contributed by atoms with Gasteiger partial charge in [-0.15, -0.1) is 12.4 Å². The van der Waals surface area contributed by atoms with Crippen molar-refractivity contribution in [3.63, 3.8) is 0 Å². The number of carboxylic acid groups (broad SMARTS) is 1. The van der Waals surface area contributed by atoms with E-state index in [4.69, 9.17) is 10.8 Å². The molecule has 0 aliphatic carbocycles. The summed E-state index contributed by atoms with van der Waals surface area (Å²) >= 11 is 0. The number of hydrogen-bond donors (Lipinski definition) is 2. The molecule has 1 unspecified atom stereocenters. The lowest BCUT2D eigenvalue weighted by Crippen LogP contribution is -2.47. The fourth-order valence-electron chi connectivity index (χ4n) is 1.63. The lowest BCUT2D eigenvalue weighted by atomic mass is 10.0. The Hall–Kier alpha value is -0.810. The summed E-state index contributed by atoms with van der Waals surface area (Å²) in [6, 6.07) is -0.519. The molecule has 15 heavy (non-hydrogen) atoms. The van der Waals surface area contributed by atoms with Crippen LogP contribution in [0, 0.1) is 0 Å².